The molecule has 2 rings (SSSR count). The van der Waals surface area contributed by atoms with Crippen LogP contribution in [0.5, 0.6) is 11.5 Å². The summed E-state index contributed by atoms with van der Waals surface area (Å²) in [5.74, 6) is -1.18. The first-order chi connectivity index (χ1) is 9.90. The minimum absolute atomic E-state index is 0.0652. The van der Waals surface area contributed by atoms with Crippen LogP contribution >= 0.6 is 11.6 Å². The summed E-state index contributed by atoms with van der Waals surface area (Å²) < 4.78 is 5.47. The summed E-state index contributed by atoms with van der Waals surface area (Å²) in [6, 6.07) is 8.51. The summed E-state index contributed by atoms with van der Waals surface area (Å²) >= 11 is 5.72. The van der Waals surface area contributed by atoms with Crippen LogP contribution in [0.1, 0.15) is 15.9 Å². The Bertz CT molecular complexity index is 729. The van der Waals surface area contributed by atoms with Crippen molar-refractivity contribution in [2.45, 2.75) is 6.92 Å². The molecule has 0 aliphatic heterocycles. The second-order valence-electron chi connectivity index (χ2n) is 4.23. The zero-order chi connectivity index (χ0) is 15.6. The molecule has 0 aliphatic rings. The van der Waals surface area contributed by atoms with E-state index in [9.17, 15) is 14.9 Å². The Morgan fingerprint density at radius 2 is 2.05 bits per heavy atom. The van der Waals surface area contributed by atoms with E-state index in [4.69, 9.17) is 21.4 Å². The van der Waals surface area contributed by atoms with Crippen LogP contribution in [-0.2, 0) is 0 Å². The Kier molecular flexibility index (Phi) is 4.09. The van der Waals surface area contributed by atoms with Crippen LogP contribution in [0, 0.1) is 17.0 Å². The van der Waals surface area contributed by atoms with Gasteiger partial charge in [0.25, 0.3) is 0 Å². The van der Waals surface area contributed by atoms with Crippen LogP contribution in [-0.4, -0.2) is 16.0 Å². The van der Waals surface area contributed by atoms with Gasteiger partial charge in [-0.3, -0.25) is 10.1 Å². The third-order valence-electron chi connectivity index (χ3n) is 2.77. The van der Waals surface area contributed by atoms with Crippen LogP contribution in [0.2, 0.25) is 5.02 Å². The van der Waals surface area contributed by atoms with Crippen molar-refractivity contribution >= 4 is 23.3 Å². The number of nitrogens with zero attached hydrogens (tertiary/aromatic N) is 1. The molecule has 0 saturated heterocycles. The lowest BCUT2D eigenvalue weighted by atomic mass is 10.1. The molecule has 6 nitrogen and oxygen atoms in total. The van der Waals surface area contributed by atoms with Gasteiger partial charge in [0.15, 0.2) is 0 Å². The third kappa shape index (κ3) is 3.11. The average Bonchev–Trinajstić information content (AvgIpc) is 2.42. The molecule has 108 valence electrons. The standard InChI is InChI=1S/C14H10ClNO5/c1-8-3-2-4-10(14(17)18)13(8)21-12-6-5-9(15)7-11(12)16(19)20/h2-7H,1H3,(H,17,18). The topological polar surface area (TPSA) is 89.7 Å². The zero-order valence-electron chi connectivity index (χ0n) is 10.9. The van der Waals surface area contributed by atoms with E-state index in [1.165, 1.54) is 18.2 Å². The molecule has 21 heavy (non-hydrogen) atoms. The maximum atomic E-state index is 11.2. The first-order valence-electron chi connectivity index (χ1n) is 5.85. The summed E-state index contributed by atoms with van der Waals surface area (Å²) in [5, 5.41) is 20.4. The molecule has 0 spiro atoms. The lowest BCUT2D eigenvalue weighted by molar-refractivity contribution is -0.385. The van der Waals surface area contributed by atoms with Gasteiger partial charge in [-0.05, 0) is 30.7 Å². The second kappa shape index (κ2) is 5.80. The van der Waals surface area contributed by atoms with Gasteiger partial charge in [-0.2, -0.15) is 0 Å². The highest BCUT2D eigenvalue weighted by Gasteiger charge is 2.20. The quantitative estimate of drug-likeness (QED) is 0.680. The Morgan fingerprint density at radius 3 is 2.67 bits per heavy atom. The highest BCUT2D eigenvalue weighted by molar-refractivity contribution is 6.30. The number of carbonyl (C=O) groups is 1. The number of hydrogen-bond donors (Lipinski definition) is 1. The number of hydrogen-bond acceptors (Lipinski definition) is 4. The number of ether oxygens (including phenoxy) is 1. The van der Waals surface area contributed by atoms with E-state index in [2.05, 4.69) is 0 Å². The maximum Gasteiger partial charge on any atom is 0.339 e. The molecule has 0 heterocycles. The number of aryl methyl sites for hydroxylation is 1. The Labute approximate surface area is 124 Å². The summed E-state index contributed by atoms with van der Waals surface area (Å²) in [6.07, 6.45) is 0. The molecule has 7 heteroatoms. The Balaban J connectivity index is 2.53. The van der Waals surface area contributed by atoms with Crippen molar-refractivity contribution in [1.29, 1.82) is 0 Å². The number of rotatable bonds is 4. The van der Waals surface area contributed by atoms with Crippen molar-refractivity contribution in [3.8, 4) is 11.5 Å². The molecule has 2 aromatic rings. The number of carboxylic acid groups (broad SMARTS) is 1. The van der Waals surface area contributed by atoms with Crippen molar-refractivity contribution in [2.75, 3.05) is 0 Å². The van der Waals surface area contributed by atoms with E-state index in [-0.39, 0.29) is 27.8 Å². The van der Waals surface area contributed by atoms with Crippen molar-refractivity contribution in [3.63, 3.8) is 0 Å². The van der Waals surface area contributed by atoms with Crippen molar-refractivity contribution in [1.82, 2.24) is 0 Å². The van der Waals surface area contributed by atoms with Gasteiger partial charge < -0.3 is 9.84 Å². The summed E-state index contributed by atoms with van der Waals surface area (Å²) in [7, 11) is 0. The molecule has 0 atom stereocenters. The number of aromatic carboxylic acids is 1. The van der Waals surface area contributed by atoms with Crippen LogP contribution in [0.4, 0.5) is 5.69 Å². The smallest absolute Gasteiger partial charge is 0.339 e. The van der Waals surface area contributed by atoms with E-state index in [1.54, 1.807) is 19.1 Å². The van der Waals surface area contributed by atoms with E-state index in [1.807, 2.05) is 0 Å². The molecule has 1 N–H and O–H groups in total. The van der Waals surface area contributed by atoms with Gasteiger partial charge in [0, 0.05) is 11.1 Å². The number of benzene rings is 2. The van der Waals surface area contributed by atoms with Crippen LogP contribution in [0.3, 0.4) is 0 Å². The van der Waals surface area contributed by atoms with Crippen molar-refractivity contribution in [2.24, 2.45) is 0 Å². The van der Waals surface area contributed by atoms with Crippen molar-refractivity contribution in [3.05, 3.63) is 62.7 Å². The molecule has 0 aliphatic carbocycles. The number of halogens is 1. The van der Waals surface area contributed by atoms with Gasteiger partial charge in [-0.25, -0.2) is 4.79 Å². The van der Waals surface area contributed by atoms with Gasteiger partial charge in [0.1, 0.15) is 11.3 Å². The molecule has 0 unspecified atom stereocenters. The fraction of sp³-hybridized carbons (Fsp3) is 0.0714. The molecule has 0 radical (unpaired) electrons. The lowest BCUT2D eigenvalue weighted by Gasteiger charge is -2.11. The number of para-hydroxylation sites is 1. The van der Waals surface area contributed by atoms with Crippen LogP contribution < -0.4 is 4.74 Å². The molecular weight excluding hydrogens is 298 g/mol. The monoisotopic (exact) mass is 307 g/mol. The largest absolute Gasteiger partial charge is 0.478 e. The molecular formula is C14H10ClNO5. The minimum atomic E-state index is -1.18. The first kappa shape index (κ1) is 14.8. The summed E-state index contributed by atoms with van der Waals surface area (Å²) in [4.78, 5) is 21.6. The predicted molar refractivity (Wildman–Crippen MR) is 76.3 cm³/mol. The highest BCUT2D eigenvalue weighted by Crippen LogP contribution is 2.36. The van der Waals surface area contributed by atoms with E-state index >= 15 is 0 Å². The van der Waals surface area contributed by atoms with E-state index < -0.39 is 10.9 Å². The maximum absolute atomic E-state index is 11.2. The van der Waals surface area contributed by atoms with E-state index in [0.29, 0.717) is 5.56 Å². The van der Waals surface area contributed by atoms with Gasteiger partial charge in [0.05, 0.1) is 4.92 Å². The van der Waals surface area contributed by atoms with E-state index in [0.717, 1.165) is 6.07 Å². The zero-order valence-corrected chi connectivity index (χ0v) is 11.6. The Hall–Kier alpha value is -2.60. The SMILES string of the molecule is Cc1cccc(C(=O)O)c1Oc1ccc(Cl)cc1[N+](=O)[O-]. The van der Waals surface area contributed by atoms with Gasteiger partial charge in [-0.1, -0.05) is 23.7 Å². The number of carboxylic acids is 1. The molecule has 0 fully saturated rings. The summed E-state index contributed by atoms with van der Waals surface area (Å²) in [6.45, 7) is 1.66. The van der Waals surface area contributed by atoms with Crippen molar-refractivity contribution < 1.29 is 19.6 Å². The molecule has 0 saturated carbocycles. The molecule has 2 aromatic carbocycles. The second-order valence-corrected chi connectivity index (χ2v) is 4.66. The highest BCUT2D eigenvalue weighted by atomic mass is 35.5. The molecule has 0 bridgehead atoms. The normalized spacial score (nSPS) is 10.2. The van der Waals surface area contributed by atoms with Crippen LogP contribution in [0.25, 0.3) is 0 Å². The third-order valence-corrected chi connectivity index (χ3v) is 3.01. The fourth-order valence-corrected chi connectivity index (χ4v) is 1.95. The van der Waals surface area contributed by atoms with Gasteiger partial charge >= 0.3 is 11.7 Å². The lowest BCUT2D eigenvalue weighted by Crippen LogP contribution is -2.02. The average molecular weight is 308 g/mol. The van der Waals surface area contributed by atoms with Gasteiger partial charge in [0.2, 0.25) is 5.75 Å². The Morgan fingerprint density at radius 1 is 1.33 bits per heavy atom. The first-order valence-corrected chi connectivity index (χ1v) is 6.22. The van der Waals surface area contributed by atoms with Gasteiger partial charge in [-0.15, -0.1) is 0 Å². The van der Waals surface area contributed by atoms with Crippen LogP contribution in [0.15, 0.2) is 36.4 Å². The summed E-state index contributed by atoms with van der Waals surface area (Å²) in [5.41, 5.74) is 0.153. The molecule has 0 aromatic heterocycles. The molecule has 0 amide bonds. The number of nitro benzene ring substituents is 1. The fourth-order valence-electron chi connectivity index (χ4n) is 1.79. The number of nitro groups is 1. The predicted octanol–water partition coefficient (Wildman–Crippen LogP) is 4.05. The minimum Gasteiger partial charge on any atom is -0.478 e.